The highest BCUT2D eigenvalue weighted by Crippen LogP contribution is 2.45. The predicted molar refractivity (Wildman–Crippen MR) is 109 cm³/mol. The van der Waals surface area contributed by atoms with Crippen LogP contribution in [0.5, 0.6) is 0 Å². The number of carbonyl (C=O) groups is 2. The summed E-state index contributed by atoms with van der Waals surface area (Å²) in [7, 11) is 1.26. The summed E-state index contributed by atoms with van der Waals surface area (Å²) in [5.41, 5.74) is 0.474. The lowest BCUT2D eigenvalue weighted by atomic mass is 9.81. The lowest BCUT2D eigenvalue weighted by Crippen LogP contribution is -2.32. The third-order valence-electron chi connectivity index (χ3n) is 4.69. The van der Waals surface area contributed by atoms with E-state index in [1.54, 1.807) is 0 Å². The first kappa shape index (κ1) is 20.8. The molecule has 1 aliphatic heterocycles. The Kier molecular flexibility index (Phi) is 5.72. The third-order valence-corrected chi connectivity index (χ3v) is 4.69. The summed E-state index contributed by atoms with van der Waals surface area (Å²) >= 11 is 0. The Morgan fingerprint density at radius 3 is 2.27 bits per heavy atom. The molecule has 1 unspecified atom stereocenters. The maximum absolute atomic E-state index is 12.5. The van der Waals surface area contributed by atoms with E-state index in [2.05, 4.69) is 10.6 Å². The molecule has 9 heteroatoms. The first-order chi connectivity index (χ1) is 14.2. The number of non-ortho nitro benzene ring substituents is 1. The summed E-state index contributed by atoms with van der Waals surface area (Å²) < 4.78 is 10.9. The van der Waals surface area contributed by atoms with Crippen molar-refractivity contribution in [3.63, 3.8) is 0 Å². The van der Waals surface area contributed by atoms with E-state index in [4.69, 9.17) is 9.47 Å². The van der Waals surface area contributed by atoms with Crippen LogP contribution in [0, 0.1) is 10.1 Å². The molecule has 1 heterocycles. The summed E-state index contributed by atoms with van der Waals surface area (Å²) in [4.78, 5) is 35.2. The molecule has 2 N–H and O–H groups in total. The van der Waals surface area contributed by atoms with Crippen molar-refractivity contribution in [1.29, 1.82) is 0 Å². The fourth-order valence-electron chi connectivity index (χ4n) is 3.41. The zero-order valence-electron chi connectivity index (χ0n) is 16.7. The minimum atomic E-state index is -0.819. The summed E-state index contributed by atoms with van der Waals surface area (Å²) in [6, 6.07) is 14.0. The molecule has 2 aromatic rings. The van der Waals surface area contributed by atoms with Crippen molar-refractivity contribution in [3.8, 4) is 0 Å². The van der Waals surface area contributed by atoms with E-state index in [1.165, 1.54) is 31.4 Å². The standard InChI is InChI=1S/C21H21N3O6/c1-21(2)17(13-7-5-4-6-8-13)16(19(25)29-3)18(30-21)23-20(26)22-14-9-11-15(12-10-14)24(27)28/h4-12,17H,1-3H3,(H2,22,23,26). The number of rotatable bonds is 5. The van der Waals surface area contributed by atoms with Crippen LogP contribution in [0.4, 0.5) is 16.2 Å². The Morgan fingerprint density at radius 1 is 1.07 bits per heavy atom. The lowest BCUT2D eigenvalue weighted by molar-refractivity contribution is -0.384. The summed E-state index contributed by atoms with van der Waals surface area (Å²) in [6.45, 7) is 3.63. The van der Waals surface area contributed by atoms with Gasteiger partial charge in [-0.2, -0.15) is 0 Å². The lowest BCUT2D eigenvalue weighted by Gasteiger charge is -2.27. The molecule has 0 saturated carbocycles. The Bertz CT molecular complexity index is 999. The number of nitrogens with one attached hydrogen (secondary N) is 2. The number of esters is 1. The van der Waals surface area contributed by atoms with Crippen molar-refractivity contribution < 1.29 is 24.0 Å². The molecule has 0 aromatic heterocycles. The number of methoxy groups -OCH3 is 1. The largest absolute Gasteiger partial charge is 0.471 e. The van der Waals surface area contributed by atoms with Gasteiger partial charge in [0.2, 0.25) is 5.88 Å². The fourth-order valence-corrected chi connectivity index (χ4v) is 3.41. The Labute approximate surface area is 172 Å². The summed E-state index contributed by atoms with van der Waals surface area (Å²) in [5.74, 6) is -1.07. The molecule has 0 spiro atoms. The third kappa shape index (κ3) is 4.24. The van der Waals surface area contributed by atoms with Gasteiger partial charge in [0, 0.05) is 17.8 Å². The van der Waals surface area contributed by atoms with E-state index in [0.29, 0.717) is 5.69 Å². The summed E-state index contributed by atoms with van der Waals surface area (Å²) in [5, 5.41) is 15.9. The molecule has 0 saturated heterocycles. The molecule has 0 aliphatic carbocycles. The average Bonchev–Trinajstić information content (AvgIpc) is 2.98. The normalized spacial score (nSPS) is 17.1. The molecular weight excluding hydrogens is 390 g/mol. The molecular formula is C21H21N3O6. The molecule has 30 heavy (non-hydrogen) atoms. The molecule has 9 nitrogen and oxygen atoms in total. The van der Waals surface area contributed by atoms with Crippen LogP contribution in [0.3, 0.4) is 0 Å². The number of ether oxygens (including phenoxy) is 2. The van der Waals surface area contributed by atoms with Gasteiger partial charge in [0.05, 0.1) is 18.0 Å². The van der Waals surface area contributed by atoms with E-state index in [1.807, 2.05) is 44.2 Å². The Morgan fingerprint density at radius 2 is 1.70 bits per heavy atom. The number of hydrogen-bond acceptors (Lipinski definition) is 6. The van der Waals surface area contributed by atoms with E-state index in [0.717, 1.165) is 5.56 Å². The van der Waals surface area contributed by atoms with Crippen LogP contribution in [-0.2, 0) is 14.3 Å². The van der Waals surface area contributed by atoms with E-state index < -0.39 is 28.4 Å². The molecule has 2 aromatic carbocycles. The molecule has 0 bridgehead atoms. The Hall–Kier alpha value is -3.88. The second kappa shape index (κ2) is 8.24. The maximum atomic E-state index is 12.5. The molecule has 0 fully saturated rings. The van der Waals surface area contributed by atoms with Gasteiger partial charge < -0.3 is 14.8 Å². The highest BCUT2D eigenvalue weighted by atomic mass is 16.6. The number of anilines is 1. The number of nitro benzene ring substituents is 1. The number of hydrogen-bond donors (Lipinski definition) is 2. The van der Waals surface area contributed by atoms with Crippen LogP contribution in [0.25, 0.3) is 0 Å². The van der Waals surface area contributed by atoms with E-state index in [-0.39, 0.29) is 17.1 Å². The number of benzene rings is 2. The molecule has 1 atom stereocenters. The van der Waals surface area contributed by atoms with Crippen LogP contribution in [-0.4, -0.2) is 29.6 Å². The quantitative estimate of drug-likeness (QED) is 0.440. The van der Waals surface area contributed by atoms with Gasteiger partial charge in [-0.3, -0.25) is 15.4 Å². The second-order valence-electron chi connectivity index (χ2n) is 7.17. The minimum Gasteiger partial charge on any atom is -0.471 e. The first-order valence-electron chi connectivity index (χ1n) is 9.12. The number of carbonyl (C=O) groups excluding carboxylic acids is 2. The smallest absolute Gasteiger partial charge is 0.339 e. The maximum Gasteiger partial charge on any atom is 0.339 e. The van der Waals surface area contributed by atoms with Gasteiger partial charge in [0.1, 0.15) is 11.2 Å². The molecule has 2 amide bonds. The average molecular weight is 411 g/mol. The van der Waals surface area contributed by atoms with Gasteiger partial charge in [-0.15, -0.1) is 0 Å². The minimum absolute atomic E-state index is 0.000106. The monoisotopic (exact) mass is 411 g/mol. The van der Waals surface area contributed by atoms with Crippen molar-refractivity contribution >= 4 is 23.4 Å². The van der Waals surface area contributed by atoms with Crippen molar-refractivity contribution in [3.05, 3.63) is 81.7 Å². The predicted octanol–water partition coefficient (Wildman–Crippen LogP) is 3.69. The zero-order chi connectivity index (χ0) is 21.9. The second-order valence-corrected chi connectivity index (χ2v) is 7.17. The highest BCUT2D eigenvalue weighted by Gasteiger charge is 2.48. The van der Waals surface area contributed by atoms with Crippen LogP contribution in [0.2, 0.25) is 0 Å². The van der Waals surface area contributed by atoms with E-state index >= 15 is 0 Å². The first-order valence-corrected chi connectivity index (χ1v) is 9.12. The van der Waals surface area contributed by atoms with Crippen LogP contribution in [0.1, 0.15) is 25.3 Å². The molecule has 0 radical (unpaired) electrons. The van der Waals surface area contributed by atoms with Gasteiger partial charge in [-0.05, 0) is 31.5 Å². The van der Waals surface area contributed by atoms with Gasteiger partial charge in [-0.1, -0.05) is 30.3 Å². The summed E-state index contributed by atoms with van der Waals surface area (Å²) in [6.07, 6.45) is 0. The van der Waals surface area contributed by atoms with E-state index in [9.17, 15) is 19.7 Å². The SMILES string of the molecule is COC(=O)C1=C(NC(=O)Nc2ccc([N+](=O)[O-])cc2)OC(C)(C)C1c1ccccc1. The van der Waals surface area contributed by atoms with Gasteiger partial charge in [0.15, 0.2) is 0 Å². The zero-order valence-corrected chi connectivity index (χ0v) is 16.7. The highest BCUT2D eigenvalue weighted by molar-refractivity contribution is 5.95. The number of nitrogens with zero attached hydrogens (tertiary/aromatic N) is 1. The van der Waals surface area contributed by atoms with Gasteiger partial charge in [0.25, 0.3) is 5.69 Å². The van der Waals surface area contributed by atoms with Crippen molar-refractivity contribution in [2.45, 2.75) is 25.4 Å². The topological polar surface area (TPSA) is 120 Å². The number of amides is 2. The molecule has 3 rings (SSSR count). The van der Waals surface area contributed by atoms with Crippen LogP contribution < -0.4 is 10.6 Å². The Balaban J connectivity index is 1.86. The fraction of sp³-hybridized carbons (Fsp3) is 0.238. The van der Waals surface area contributed by atoms with Crippen LogP contribution >= 0.6 is 0 Å². The van der Waals surface area contributed by atoms with Crippen molar-refractivity contribution in [2.24, 2.45) is 0 Å². The molecule has 156 valence electrons. The van der Waals surface area contributed by atoms with Crippen LogP contribution in [0.15, 0.2) is 66.1 Å². The van der Waals surface area contributed by atoms with Gasteiger partial charge in [-0.25, -0.2) is 9.59 Å². The number of urea groups is 1. The van der Waals surface area contributed by atoms with Crippen molar-refractivity contribution in [2.75, 3.05) is 12.4 Å². The number of nitro groups is 1. The van der Waals surface area contributed by atoms with Gasteiger partial charge >= 0.3 is 12.0 Å². The van der Waals surface area contributed by atoms with Crippen molar-refractivity contribution in [1.82, 2.24) is 5.32 Å². The molecule has 1 aliphatic rings.